The second kappa shape index (κ2) is 5.43. The number of hydrogen-bond donors (Lipinski definition) is 1. The molecule has 0 saturated carbocycles. The molecule has 0 aliphatic carbocycles. The number of aryl methyl sites for hydroxylation is 1. The standard InChI is InChI=1S/C14H15BrN2/c1-10-13(6-3-7-17-10)14(16)9-11-4-2-5-12(15)8-11/h2-8,14H,9,16H2,1H3. The number of rotatable bonds is 3. The molecular weight excluding hydrogens is 276 g/mol. The summed E-state index contributed by atoms with van der Waals surface area (Å²) in [7, 11) is 0. The van der Waals surface area contributed by atoms with E-state index in [1.54, 1.807) is 6.20 Å². The summed E-state index contributed by atoms with van der Waals surface area (Å²) in [5.41, 5.74) is 9.58. The highest BCUT2D eigenvalue weighted by Crippen LogP contribution is 2.20. The Hall–Kier alpha value is -1.19. The maximum Gasteiger partial charge on any atom is 0.0420 e. The average Bonchev–Trinajstić information content (AvgIpc) is 2.29. The fraction of sp³-hybridized carbons (Fsp3) is 0.214. The van der Waals surface area contributed by atoms with Crippen molar-refractivity contribution in [3.63, 3.8) is 0 Å². The van der Waals surface area contributed by atoms with Crippen molar-refractivity contribution in [2.24, 2.45) is 5.73 Å². The van der Waals surface area contributed by atoms with Gasteiger partial charge in [0.1, 0.15) is 0 Å². The first-order valence-corrected chi connectivity index (χ1v) is 6.37. The largest absolute Gasteiger partial charge is 0.324 e. The van der Waals surface area contributed by atoms with Crippen molar-refractivity contribution in [2.45, 2.75) is 19.4 Å². The first-order valence-electron chi connectivity index (χ1n) is 5.58. The molecular formula is C14H15BrN2. The van der Waals surface area contributed by atoms with Gasteiger partial charge in [-0.15, -0.1) is 0 Å². The van der Waals surface area contributed by atoms with E-state index in [0.717, 1.165) is 22.2 Å². The van der Waals surface area contributed by atoms with E-state index in [9.17, 15) is 0 Å². The molecule has 2 N–H and O–H groups in total. The number of halogens is 1. The van der Waals surface area contributed by atoms with Crippen LogP contribution >= 0.6 is 15.9 Å². The van der Waals surface area contributed by atoms with Gasteiger partial charge in [0.05, 0.1) is 0 Å². The smallest absolute Gasteiger partial charge is 0.0420 e. The van der Waals surface area contributed by atoms with E-state index in [2.05, 4.69) is 33.0 Å². The predicted molar refractivity (Wildman–Crippen MR) is 73.7 cm³/mol. The molecule has 2 aromatic rings. The van der Waals surface area contributed by atoms with Crippen LogP contribution in [0.15, 0.2) is 47.1 Å². The third-order valence-electron chi connectivity index (χ3n) is 2.79. The van der Waals surface area contributed by atoms with Crippen molar-refractivity contribution >= 4 is 15.9 Å². The Balaban J connectivity index is 2.17. The Morgan fingerprint density at radius 1 is 1.29 bits per heavy atom. The number of nitrogens with zero attached hydrogens (tertiary/aromatic N) is 1. The molecule has 0 bridgehead atoms. The van der Waals surface area contributed by atoms with Crippen LogP contribution in [0.4, 0.5) is 0 Å². The zero-order valence-electron chi connectivity index (χ0n) is 9.73. The van der Waals surface area contributed by atoms with Crippen LogP contribution in [0.25, 0.3) is 0 Å². The number of hydrogen-bond acceptors (Lipinski definition) is 2. The summed E-state index contributed by atoms with van der Waals surface area (Å²) >= 11 is 3.47. The van der Waals surface area contributed by atoms with E-state index in [1.807, 2.05) is 31.2 Å². The summed E-state index contributed by atoms with van der Waals surface area (Å²) in [4.78, 5) is 4.27. The molecule has 0 saturated heterocycles. The minimum absolute atomic E-state index is 0.00185. The molecule has 1 aromatic carbocycles. The lowest BCUT2D eigenvalue weighted by Gasteiger charge is -2.14. The molecule has 1 heterocycles. The highest BCUT2D eigenvalue weighted by Gasteiger charge is 2.10. The zero-order valence-corrected chi connectivity index (χ0v) is 11.3. The Kier molecular flexibility index (Phi) is 3.92. The van der Waals surface area contributed by atoms with Gasteiger partial charge in [-0.2, -0.15) is 0 Å². The van der Waals surface area contributed by atoms with Gasteiger partial charge in [0.25, 0.3) is 0 Å². The van der Waals surface area contributed by atoms with Crippen LogP contribution in [-0.2, 0) is 6.42 Å². The summed E-state index contributed by atoms with van der Waals surface area (Å²) in [5.74, 6) is 0. The van der Waals surface area contributed by atoms with Gasteiger partial charge in [-0.3, -0.25) is 4.98 Å². The molecule has 2 rings (SSSR count). The van der Waals surface area contributed by atoms with E-state index >= 15 is 0 Å². The third kappa shape index (κ3) is 3.14. The molecule has 0 aliphatic rings. The normalized spacial score (nSPS) is 12.4. The van der Waals surface area contributed by atoms with E-state index in [4.69, 9.17) is 5.73 Å². The van der Waals surface area contributed by atoms with Gasteiger partial charge in [-0.1, -0.05) is 34.1 Å². The van der Waals surface area contributed by atoms with Gasteiger partial charge in [-0.05, 0) is 42.7 Å². The van der Waals surface area contributed by atoms with Gasteiger partial charge in [0, 0.05) is 22.4 Å². The second-order valence-corrected chi connectivity index (χ2v) is 5.03. The molecule has 88 valence electrons. The highest BCUT2D eigenvalue weighted by atomic mass is 79.9. The fourth-order valence-electron chi connectivity index (χ4n) is 1.92. The Morgan fingerprint density at radius 2 is 2.12 bits per heavy atom. The van der Waals surface area contributed by atoms with Crippen molar-refractivity contribution in [2.75, 3.05) is 0 Å². The van der Waals surface area contributed by atoms with Crippen LogP contribution < -0.4 is 5.73 Å². The molecule has 1 unspecified atom stereocenters. The first-order chi connectivity index (χ1) is 8.16. The lowest BCUT2D eigenvalue weighted by molar-refractivity contribution is 0.710. The number of benzene rings is 1. The van der Waals surface area contributed by atoms with Crippen molar-refractivity contribution in [1.29, 1.82) is 0 Å². The second-order valence-electron chi connectivity index (χ2n) is 4.12. The van der Waals surface area contributed by atoms with Gasteiger partial charge in [0.2, 0.25) is 0 Å². The summed E-state index contributed by atoms with van der Waals surface area (Å²) in [6.07, 6.45) is 2.62. The Bertz CT molecular complexity index is 511. The maximum absolute atomic E-state index is 6.22. The van der Waals surface area contributed by atoms with Gasteiger partial charge < -0.3 is 5.73 Å². The van der Waals surface area contributed by atoms with Crippen LogP contribution in [0.5, 0.6) is 0 Å². The summed E-state index contributed by atoms with van der Waals surface area (Å²) < 4.78 is 1.09. The highest BCUT2D eigenvalue weighted by molar-refractivity contribution is 9.10. The van der Waals surface area contributed by atoms with E-state index in [-0.39, 0.29) is 6.04 Å². The lowest BCUT2D eigenvalue weighted by Crippen LogP contribution is -2.15. The van der Waals surface area contributed by atoms with Crippen molar-refractivity contribution in [3.8, 4) is 0 Å². The van der Waals surface area contributed by atoms with Gasteiger partial charge in [0.15, 0.2) is 0 Å². The molecule has 0 amide bonds. The molecule has 0 spiro atoms. The molecule has 1 atom stereocenters. The minimum atomic E-state index is -0.00185. The van der Waals surface area contributed by atoms with Crippen LogP contribution in [0, 0.1) is 6.92 Å². The molecule has 1 aromatic heterocycles. The van der Waals surface area contributed by atoms with Crippen LogP contribution in [0.1, 0.15) is 22.9 Å². The van der Waals surface area contributed by atoms with Crippen molar-refractivity contribution in [1.82, 2.24) is 4.98 Å². The summed E-state index contributed by atoms with van der Waals surface area (Å²) in [6.45, 7) is 2.00. The number of aromatic nitrogens is 1. The van der Waals surface area contributed by atoms with Crippen molar-refractivity contribution < 1.29 is 0 Å². The average molecular weight is 291 g/mol. The SMILES string of the molecule is Cc1ncccc1C(N)Cc1cccc(Br)c1. The van der Waals surface area contributed by atoms with E-state index in [1.165, 1.54) is 5.56 Å². The topological polar surface area (TPSA) is 38.9 Å². The van der Waals surface area contributed by atoms with E-state index in [0.29, 0.717) is 0 Å². The molecule has 0 aliphatic heterocycles. The number of pyridine rings is 1. The van der Waals surface area contributed by atoms with Gasteiger partial charge in [-0.25, -0.2) is 0 Å². The van der Waals surface area contributed by atoms with Crippen LogP contribution in [-0.4, -0.2) is 4.98 Å². The molecule has 2 nitrogen and oxygen atoms in total. The molecule has 0 fully saturated rings. The fourth-order valence-corrected chi connectivity index (χ4v) is 2.36. The van der Waals surface area contributed by atoms with Gasteiger partial charge >= 0.3 is 0 Å². The first kappa shape index (κ1) is 12.3. The van der Waals surface area contributed by atoms with Crippen molar-refractivity contribution in [3.05, 3.63) is 63.9 Å². The molecule has 17 heavy (non-hydrogen) atoms. The monoisotopic (exact) mass is 290 g/mol. The maximum atomic E-state index is 6.22. The minimum Gasteiger partial charge on any atom is -0.324 e. The quantitative estimate of drug-likeness (QED) is 0.941. The van der Waals surface area contributed by atoms with E-state index < -0.39 is 0 Å². The van der Waals surface area contributed by atoms with Crippen LogP contribution in [0.3, 0.4) is 0 Å². The Morgan fingerprint density at radius 3 is 2.82 bits per heavy atom. The molecule has 0 radical (unpaired) electrons. The summed E-state index contributed by atoms with van der Waals surface area (Å²) in [5, 5.41) is 0. The molecule has 3 heteroatoms. The predicted octanol–water partition coefficient (Wildman–Crippen LogP) is 3.40. The lowest BCUT2D eigenvalue weighted by atomic mass is 9.99. The zero-order chi connectivity index (χ0) is 12.3. The Labute approximate surface area is 110 Å². The third-order valence-corrected chi connectivity index (χ3v) is 3.29. The van der Waals surface area contributed by atoms with Crippen LogP contribution in [0.2, 0.25) is 0 Å². The summed E-state index contributed by atoms with van der Waals surface area (Å²) in [6, 6.07) is 12.2. The number of nitrogens with two attached hydrogens (primary N) is 1.